The summed E-state index contributed by atoms with van der Waals surface area (Å²) < 4.78 is 11.6. The van der Waals surface area contributed by atoms with Crippen LogP contribution in [0.25, 0.3) is 10.8 Å². The van der Waals surface area contributed by atoms with Crippen LogP contribution < -0.4 is 10.1 Å². The van der Waals surface area contributed by atoms with Crippen LogP contribution in [0.4, 0.5) is 0 Å². The largest absolute Gasteiger partial charge is 0.496 e. The molecule has 146 valence electrons. The number of rotatable bonds is 7. The summed E-state index contributed by atoms with van der Waals surface area (Å²) >= 11 is 0. The summed E-state index contributed by atoms with van der Waals surface area (Å²) in [4.78, 5) is 2.48. The molecule has 0 saturated carbocycles. The lowest BCUT2D eigenvalue weighted by atomic mass is 10.0. The maximum atomic E-state index is 5.99. The van der Waals surface area contributed by atoms with Gasteiger partial charge in [0.05, 0.1) is 19.8 Å². The van der Waals surface area contributed by atoms with Gasteiger partial charge < -0.3 is 14.8 Å². The van der Waals surface area contributed by atoms with Gasteiger partial charge in [0, 0.05) is 38.3 Å². The highest BCUT2D eigenvalue weighted by Crippen LogP contribution is 2.27. The molecule has 4 rings (SSSR count). The second kappa shape index (κ2) is 9.20. The zero-order valence-corrected chi connectivity index (χ0v) is 16.4. The Hall–Kier alpha value is -2.40. The number of hydrogen-bond donors (Lipinski definition) is 1. The van der Waals surface area contributed by atoms with E-state index in [1.165, 1.54) is 21.9 Å². The van der Waals surface area contributed by atoms with E-state index in [2.05, 4.69) is 76.9 Å². The fourth-order valence-electron chi connectivity index (χ4n) is 3.94. The van der Waals surface area contributed by atoms with E-state index in [4.69, 9.17) is 9.47 Å². The van der Waals surface area contributed by atoms with E-state index in [9.17, 15) is 0 Å². The van der Waals surface area contributed by atoms with E-state index >= 15 is 0 Å². The van der Waals surface area contributed by atoms with Gasteiger partial charge in [0.2, 0.25) is 0 Å². The Kier molecular flexibility index (Phi) is 6.22. The third-order valence-electron chi connectivity index (χ3n) is 5.36. The highest BCUT2D eigenvalue weighted by Gasteiger charge is 2.20. The van der Waals surface area contributed by atoms with Crippen LogP contribution in [0.1, 0.15) is 11.1 Å². The average molecular weight is 377 g/mol. The van der Waals surface area contributed by atoms with Crippen molar-refractivity contribution in [1.29, 1.82) is 0 Å². The van der Waals surface area contributed by atoms with Crippen LogP contribution in [0.3, 0.4) is 0 Å². The lowest BCUT2D eigenvalue weighted by molar-refractivity contribution is -0.0300. The van der Waals surface area contributed by atoms with E-state index in [1.807, 2.05) is 0 Å². The number of ether oxygens (including phenoxy) is 2. The Bertz CT molecular complexity index is 898. The van der Waals surface area contributed by atoms with Gasteiger partial charge in [0.25, 0.3) is 0 Å². The molecule has 4 nitrogen and oxygen atoms in total. The van der Waals surface area contributed by atoms with Gasteiger partial charge in [-0.25, -0.2) is 0 Å². The van der Waals surface area contributed by atoms with Gasteiger partial charge in [0.1, 0.15) is 5.75 Å². The molecule has 0 amide bonds. The smallest absolute Gasteiger partial charge is 0.123 e. The number of morpholine rings is 1. The monoisotopic (exact) mass is 376 g/mol. The molecule has 0 aromatic heterocycles. The first kappa shape index (κ1) is 18.9. The molecule has 28 heavy (non-hydrogen) atoms. The molecule has 0 aliphatic carbocycles. The molecule has 1 heterocycles. The molecular weight excluding hydrogens is 348 g/mol. The maximum Gasteiger partial charge on any atom is 0.123 e. The Labute approximate surface area is 167 Å². The Morgan fingerprint density at radius 1 is 1.04 bits per heavy atom. The number of fused-ring (bicyclic) bond motifs is 1. The molecule has 0 bridgehead atoms. The fourth-order valence-corrected chi connectivity index (χ4v) is 3.94. The number of methoxy groups -OCH3 is 1. The van der Waals surface area contributed by atoms with Crippen LogP contribution >= 0.6 is 0 Å². The zero-order valence-electron chi connectivity index (χ0n) is 16.4. The van der Waals surface area contributed by atoms with Gasteiger partial charge in [-0.3, -0.25) is 4.90 Å². The molecule has 3 aromatic carbocycles. The molecule has 0 unspecified atom stereocenters. The van der Waals surface area contributed by atoms with Crippen molar-refractivity contribution in [3.8, 4) is 5.75 Å². The van der Waals surface area contributed by atoms with Gasteiger partial charge in [-0.2, -0.15) is 0 Å². The van der Waals surface area contributed by atoms with E-state index in [0.29, 0.717) is 0 Å². The predicted octanol–water partition coefficient (Wildman–Crippen LogP) is 3.84. The highest BCUT2D eigenvalue weighted by atomic mass is 16.5. The van der Waals surface area contributed by atoms with Crippen LogP contribution in [0.2, 0.25) is 0 Å². The topological polar surface area (TPSA) is 33.7 Å². The minimum Gasteiger partial charge on any atom is -0.496 e. The Balaban J connectivity index is 1.35. The summed E-state index contributed by atoms with van der Waals surface area (Å²) in [6, 6.07) is 23.3. The van der Waals surface area contributed by atoms with E-state index < -0.39 is 0 Å². The first-order chi connectivity index (χ1) is 13.8. The maximum absolute atomic E-state index is 5.99. The molecule has 1 aliphatic rings. The third kappa shape index (κ3) is 4.53. The first-order valence-corrected chi connectivity index (χ1v) is 9.96. The molecule has 0 spiro atoms. The van der Waals surface area contributed by atoms with Crippen LogP contribution in [0.5, 0.6) is 5.75 Å². The van der Waals surface area contributed by atoms with Crippen molar-refractivity contribution in [3.05, 3.63) is 77.9 Å². The van der Waals surface area contributed by atoms with Crippen molar-refractivity contribution in [2.45, 2.75) is 19.2 Å². The summed E-state index contributed by atoms with van der Waals surface area (Å²) in [5.74, 6) is 0.932. The van der Waals surface area contributed by atoms with E-state index in [0.717, 1.165) is 45.1 Å². The Morgan fingerprint density at radius 3 is 2.71 bits per heavy atom. The van der Waals surface area contributed by atoms with Gasteiger partial charge in [-0.15, -0.1) is 0 Å². The number of nitrogens with one attached hydrogen (secondary N) is 1. The Morgan fingerprint density at radius 2 is 1.86 bits per heavy atom. The standard InChI is InChI=1S/C24H28N2O2/c1-27-24-12-11-20-9-5-6-10-22(20)23(24)16-25-15-21-18-26(13-14-28-21)17-19-7-3-2-4-8-19/h2-12,21,25H,13-18H2,1H3/t21-/m0/s1. The molecule has 3 aromatic rings. The molecule has 1 fully saturated rings. The normalized spacial score (nSPS) is 17.7. The predicted molar refractivity (Wildman–Crippen MR) is 114 cm³/mol. The van der Waals surface area contributed by atoms with Crippen LogP contribution in [0, 0.1) is 0 Å². The fraction of sp³-hybridized carbons (Fsp3) is 0.333. The van der Waals surface area contributed by atoms with Crippen molar-refractivity contribution in [2.24, 2.45) is 0 Å². The van der Waals surface area contributed by atoms with Crippen LogP contribution in [-0.2, 0) is 17.8 Å². The molecule has 1 N–H and O–H groups in total. The number of hydrogen-bond acceptors (Lipinski definition) is 4. The van der Waals surface area contributed by atoms with Crippen LogP contribution in [0.15, 0.2) is 66.7 Å². The lowest BCUT2D eigenvalue weighted by Crippen LogP contribution is -2.46. The second-order valence-electron chi connectivity index (χ2n) is 7.31. The van der Waals surface area contributed by atoms with Crippen molar-refractivity contribution in [3.63, 3.8) is 0 Å². The quantitative estimate of drug-likeness (QED) is 0.679. The van der Waals surface area contributed by atoms with Gasteiger partial charge >= 0.3 is 0 Å². The highest BCUT2D eigenvalue weighted by molar-refractivity contribution is 5.87. The first-order valence-electron chi connectivity index (χ1n) is 9.96. The minimum absolute atomic E-state index is 0.207. The SMILES string of the molecule is COc1ccc2ccccc2c1CNC[C@H]1CN(Cc2ccccc2)CCO1. The van der Waals surface area contributed by atoms with E-state index in [-0.39, 0.29) is 6.10 Å². The minimum atomic E-state index is 0.207. The van der Waals surface area contributed by atoms with Crippen molar-refractivity contribution >= 4 is 10.8 Å². The molecular formula is C24H28N2O2. The zero-order chi connectivity index (χ0) is 19.2. The lowest BCUT2D eigenvalue weighted by Gasteiger charge is -2.33. The van der Waals surface area contributed by atoms with E-state index in [1.54, 1.807) is 7.11 Å². The van der Waals surface area contributed by atoms with Gasteiger partial charge in [0.15, 0.2) is 0 Å². The van der Waals surface area contributed by atoms with Crippen LogP contribution in [-0.4, -0.2) is 44.4 Å². The van der Waals surface area contributed by atoms with Gasteiger partial charge in [-0.05, 0) is 22.4 Å². The van der Waals surface area contributed by atoms with Gasteiger partial charge in [-0.1, -0.05) is 60.7 Å². The molecule has 1 aliphatic heterocycles. The summed E-state index contributed by atoms with van der Waals surface area (Å²) in [5.41, 5.74) is 2.56. The molecule has 1 atom stereocenters. The third-order valence-corrected chi connectivity index (χ3v) is 5.36. The van der Waals surface area contributed by atoms with Crippen molar-refractivity contribution in [1.82, 2.24) is 10.2 Å². The molecule has 1 saturated heterocycles. The summed E-state index contributed by atoms with van der Waals surface area (Å²) in [5, 5.41) is 6.07. The number of nitrogens with zero attached hydrogens (tertiary/aromatic N) is 1. The van der Waals surface area contributed by atoms with Crippen molar-refractivity contribution < 1.29 is 9.47 Å². The average Bonchev–Trinajstić information content (AvgIpc) is 2.75. The molecule has 0 radical (unpaired) electrons. The summed E-state index contributed by atoms with van der Waals surface area (Å²) in [6.07, 6.45) is 0.207. The summed E-state index contributed by atoms with van der Waals surface area (Å²) in [6.45, 7) is 5.31. The summed E-state index contributed by atoms with van der Waals surface area (Å²) in [7, 11) is 1.74. The van der Waals surface area contributed by atoms with Crippen molar-refractivity contribution in [2.75, 3.05) is 33.4 Å². The second-order valence-corrected chi connectivity index (χ2v) is 7.31. The number of benzene rings is 3. The molecule has 4 heteroatoms.